The molecular weight excluding hydrogens is 260 g/mol. The number of nitrogens with one attached hydrogen (secondary N) is 1. The number of rotatable bonds is 3. The Hall–Kier alpha value is -1.84. The Labute approximate surface area is 125 Å². The van der Waals surface area contributed by atoms with E-state index in [9.17, 15) is 5.11 Å². The minimum Gasteiger partial charge on any atom is -0.508 e. The maximum Gasteiger partial charge on any atom is 0.115 e. The van der Waals surface area contributed by atoms with Crippen LogP contribution >= 0.6 is 0 Å². The Kier molecular flexibility index (Phi) is 3.95. The molecular formula is C18H22N2O. The predicted molar refractivity (Wildman–Crippen MR) is 85.9 cm³/mol. The van der Waals surface area contributed by atoms with Crippen molar-refractivity contribution in [2.75, 3.05) is 0 Å². The van der Waals surface area contributed by atoms with Crippen LogP contribution in [0.5, 0.6) is 5.75 Å². The summed E-state index contributed by atoms with van der Waals surface area (Å²) < 4.78 is 0. The summed E-state index contributed by atoms with van der Waals surface area (Å²) >= 11 is 0. The highest BCUT2D eigenvalue weighted by molar-refractivity contribution is 5.37. The topological polar surface area (TPSA) is 58.3 Å². The van der Waals surface area contributed by atoms with Crippen molar-refractivity contribution in [1.82, 2.24) is 5.32 Å². The van der Waals surface area contributed by atoms with Crippen molar-refractivity contribution in [3.05, 3.63) is 65.8 Å². The summed E-state index contributed by atoms with van der Waals surface area (Å²) in [5.74, 6) is 0.635. The molecule has 0 aromatic heterocycles. The molecule has 4 unspecified atom stereocenters. The third-order valence-corrected chi connectivity index (χ3v) is 4.41. The Morgan fingerprint density at radius 1 is 1.29 bits per heavy atom. The number of fused-ring (bicyclic) bond motifs is 1. The zero-order chi connectivity index (χ0) is 14.8. The average molecular weight is 282 g/mol. The van der Waals surface area contributed by atoms with E-state index in [0.29, 0.717) is 17.7 Å². The van der Waals surface area contributed by atoms with Gasteiger partial charge >= 0.3 is 0 Å². The zero-order valence-corrected chi connectivity index (χ0v) is 12.2. The summed E-state index contributed by atoms with van der Waals surface area (Å²) in [4.78, 5) is 0. The van der Waals surface area contributed by atoms with Crippen LogP contribution in [0.4, 0.5) is 0 Å². The lowest BCUT2D eigenvalue weighted by Crippen LogP contribution is -2.47. The number of aromatic hydroxyl groups is 1. The SMILES string of the molecule is CC(NC1CC=CC2=CC=CC(N)C21)c1ccc(O)cc1. The molecule has 21 heavy (non-hydrogen) atoms. The standard InChI is InChI=1S/C18H22N2O/c1-12(13-8-10-15(21)11-9-13)20-17-7-3-5-14-4-2-6-16(19)18(14)17/h2-6,8-12,16-18,20-21H,7,19H2,1H3. The van der Waals surface area contributed by atoms with Crippen molar-refractivity contribution < 1.29 is 5.11 Å². The van der Waals surface area contributed by atoms with Gasteiger partial charge in [0.1, 0.15) is 5.75 Å². The van der Waals surface area contributed by atoms with Crippen LogP contribution in [0.25, 0.3) is 0 Å². The lowest BCUT2D eigenvalue weighted by molar-refractivity contribution is 0.336. The Morgan fingerprint density at radius 3 is 2.81 bits per heavy atom. The van der Waals surface area contributed by atoms with Crippen LogP contribution in [0.1, 0.15) is 24.9 Å². The van der Waals surface area contributed by atoms with Gasteiger partial charge in [-0.3, -0.25) is 0 Å². The highest BCUT2D eigenvalue weighted by Gasteiger charge is 2.32. The molecule has 0 aliphatic heterocycles. The molecule has 3 heteroatoms. The van der Waals surface area contributed by atoms with Crippen LogP contribution in [0.2, 0.25) is 0 Å². The average Bonchev–Trinajstić information content (AvgIpc) is 2.48. The molecule has 0 fully saturated rings. The first kappa shape index (κ1) is 14.1. The minimum absolute atomic E-state index is 0.0690. The lowest BCUT2D eigenvalue weighted by atomic mass is 9.77. The first-order valence-electron chi connectivity index (χ1n) is 7.50. The van der Waals surface area contributed by atoms with Gasteiger partial charge in [0.25, 0.3) is 0 Å². The van der Waals surface area contributed by atoms with Crippen molar-refractivity contribution >= 4 is 0 Å². The highest BCUT2D eigenvalue weighted by atomic mass is 16.3. The molecule has 110 valence electrons. The number of allylic oxidation sites excluding steroid dienone is 3. The van der Waals surface area contributed by atoms with Crippen LogP contribution in [0.15, 0.2) is 60.2 Å². The second kappa shape index (κ2) is 5.88. The fourth-order valence-corrected chi connectivity index (χ4v) is 3.26. The van der Waals surface area contributed by atoms with Crippen LogP contribution in [-0.4, -0.2) is 17.2 Å². The Morgan fingerprint density at radius 2 is 2.05 bits per heavy atom. The molecule has 3 nitrogen and oxygen atoms in total. The van der Waals surface area contributed by atoms with Gasteiger partial charge < -0.3 is 16.2 Å². The molecule has 1 aromatic carbocycles. The van der Waals surface area contributed by atoms with E-state index in [4.69, 9.17) is 5.73 Å². The lowest BCUT2D eigenvalue weighted by Gasteiger charge is -2.37. The van der Waals surface area contributed by atoms with Gasteiger partial charge in [-0.25, -0.2) is 0 Å². The van der Waals surface area contributed by atoms with E-state index in [2.05, 4.69) is 36.5 Å². The van der Waals surface area contributed by atoms with E-state index in [0.717, 1.165) is 6.42 Å². The quantitative estimate of drug-likeness (QED) is 0.799. The van der Waals surface area contributed by atoms with Gasteiger partial charge in [0.15, 0.2) is 0 Å². The summed E-state index contributed by atoms with van der Waals surface area (Å²) in [6, 6.07) is 8.02. The zero-order valence-electron chi connectivity index (χ0n) is 12.2. The van der Waals surface area contributed by atoms with Crippen molar-refractivity contribution in [2.24, 2.45) is 11.7 Å². The molecule has 0 bridgehead atoms. The smallest absolute Gasteiger partial charge is 0.115 e. The summed E-state index contributed by atoms with van der Waals surface area (Å²) in [6.45, 7) is 2.15. The molecule has 4 N–H and O–H groups in total. The molecule has 0 radical (unpaired) electrons. The number of hydrogen-bond acceptors (Lipinski definition) is 3. The largest absolute Gasteiger partial charge is 0.508 e. The number of phenolic OH excluding ortho intramolecular Hbond substituents is 1. The molecule has 0 spiro atoms. The number of nitrogens with two attached hydrogens (primary N) is 1. The van der Waals surface area contributed by atoms with Gasteiger partial charge in [-0.15, -0.1) is 0 Å². The van der Waals surface area contributed by atoms with Crippen LogP contribution in [0, 0.1) is 5.92 Å². The first-order chi connectivity index (χ1) is 10.1. The van der Waals surface area contributed by atoms with E-state index < -0.39 is 0 Å². The Balaban J connectivity index is 1.75. The van der Waals surface area contributed by atoms with E-state index in [1.165, 1.54) is 11.1 Å². The molecule has 0 heterocycles. The molecule has 0 amide bonds. The number of benzene rings is 1. The predicted octanol–water partition coefficient (Wildman–Crippen LogP) is 2.81. The van der Waals surface area contributed by atoms with Crippen molar-refractivity contribution in [2.45, 2.75) is 31.5 Å². The molecule has 2 aliphatic rings. The summed E-state index contributed by atoms with van der Waals surface area (Å²) in [6.07, 6.45) is 11.7. The molecule has 0 saturated carbocycles. The van der Waals surface area contributed by atoms with Gasteiger partial charge in [0, 0.05) is 24.0 Å². The Bertz CT molecular complexity index is 586. The van der Waals surface area contributed by atoms with Crippen molar-refractivity contribution in [3.8, 4) is 5.75 Å². The molecule has 4 atom stereocenters. The normalized spacial score (nSPS) is 28.9. The second-order valence-corrected chi connectivity index (χ2v) is 5.88. The summed E-state index contributed by atoms with van der Waals surface area (Å²) in [5, 5.41) is 13.1. The fraction of sp³-hybridized carbons (Fsp3) is 0.333. The molecule has 2 aliphatic carbocycles. The van der Waals surface area contributed by atoms with Crippen LogP contribution in [-0.2, 0) is 0 Å². The maximum atomic E-state index is 9.39. The monoisotopic (exact) mass is 282 g/mol. The van der Waals surface area contributed by atoms with Gasteiger partial charge in [-0.05, 0) is 36.6 Å². The van der Waals surface area contributed by atoms with E-state index in [-0.39, 0.29) is 12.1 Å². The summed E-state index contributed by atoms with van der Waals surface area (Å²) in [5.41, 5.74) is 8.77. The van der Waals surface area contributed by atoms with Gasteiger partial charge in [0.2, 0.25) is 0 Å². The van der Waals surface area contributed by atoms with E-state index in [1.807, 2.05) is 18.2 Å². The third kappa shape index (κ3) is 2.94. The number of phenols is 1. The van der Waals surface area contributed by atoms with Gasteiger partial charge in [0.05, 0.1) is 0 Å². The maximum absolute atomic E-state index is 9.39. The first-order valence-corrected chi connectivity index (χ1v) is 7.50. The highest BCUT2D eigenvalue weighted by Crippen LogP contribution is 2.31. The molecule has 1 aromatic rings. The van der Waals surface area contributed by atoms with E-state index >= 15 is 0 Å². The summed E-state index contributed by atoms with van der Waals surface area (Å²) in [7, 11) is 0. The van der Waals surface area contributed by atoms with Crippen molar-refractivity contribution in [3.63, 3.8) is 0 Å². The van der Waals surface area contributed by atoms with Crippen LogP contribution in [0.3, 0.4) is 0 Å². The minimum atomic E-state index is 0.0690. The van der Waals surface area contributed by atoms with Crippen LogP contribution < -0.4 is 11.1 Å². The van der Waals surface area contributed by atoms with Gasteiger partial charge in [-0.2, -0.15) is 0 Å². The molecule has 0 saturated heterocycles. The van der Waals surface area contributed by atoms with E-state index in [1.54, 1.807) is 12.1 Å². The molecule has 3 rings (SSSR count). The van der Waals surface area contributed by atoms with Crippen molar-refractivity contribution in [1.29, 1.82) is 0 Å². The number of hydrogen-bond donors (Lipinski definition) is 3. The second-order valence-electron chi connectivity index (χ2n) is 5.88. The fourth-order valence-electron chi connectivity index (χ4n) is 3.26. The third-order valence-electron chi connectivity index (χ3n) is 4.41. The van der Waals surface area contributed by atoms with Gasteiger partial charge in [-0.1, -0.05) is 42.5 Å².